The molecule has 1 heterocycles. The Morgan fingerprint density at radius 2 is 1.63 bits per heavy atom. The third kappa shape index (κ3) is 4.10. The van der Waals surface area contributed by atoms with Gasteiger partial charge in [-0.15, -0.1) is 0 Å². The van der Waals surface area contributed by atoms with Gasteiger partial charge < -0.3 is 9.39 Å². The van der Waals surface area contributed by atoms with Gasteiger partial charge in [0.2, 0.25) is 10.0 Å². The smallest absolute Gasteiger partial charge is 0.498 e. The lowest BCUT2D eigenvalue weighted by Crippen LogP contribution is -2.34. The summed E-state index contributed by atoms with van der Waals surface area (Å²) in [6.07, 6.45) is 0. The van der Waals surface area contributed by atoms with Crippen molar-refractivity contribution >= 4 is 23.6 Å². The van der Waals surface area contributed by atoms with Crippen molar-refractivity contribution in [3.63, 3.8) is 0 Å². The predicted octanol–water partition coefficient (Wildman–Crippen LogP) is 3.40. The lowest BCUT2D eigenvalue weighted by molar-refractivity contribution is -0.134. The molecule has 0 unspecified atom stereocenters. The molecule has 30 heavy (non-hydrogen) atoms. The maximum atomic E-state index is 13.0. The Morgan fingerprint density at radius 3 is 2.30 bits per heavy atom. The van der Waals surface area contributed by atoms with Crippen molar-refractivity contribution in [2.24, 2.45) is 0 Å². The Morgan fingerprint density at radius 1 is 0.967 bits per heavy atom. The lowest BCUT2D eigenvalue weighted by atomic mass is 10.1. The lowest BCUT2D eigenvalue weighted by Gasteiger charge is -2.20. The van der Waals surface area contributed by atoms with Crippen LogP contribution in [0.15, 0.2) is 83.8 Å². The first-order chi connectivity index (χ1) is 14.4. The number of carbonyl (C=O) groups excluding carboxylic acids is 1. The Kier molecular flexibility index (Phi) is 5.61. The van der Waals surface area contributed by atoms with E-state index >= 15 is 0 Å². The summed E-state index contributed by atoms with van der Waals surface area (Å²) < 4.78 is 37.7. The summed E-state index contributed by atoms with van der Waals surface area (Å²) in [5.41, 5.74) is 2.47. The molecule has 0 amide bonds. The molecule has 1 aliphatic heterocycles. The molecule has 1 fully saturated rings. The van der Waals surface area contributed by atoms with Gasteiger partial charge in [-0.2, -0.15) is 4.22 Å². The minimum atomic E-state index is -3.94. The van der Waals surface area contributed by atoms with Gasteiger partial charge in [0.05, 0.1) is 4.90 Å². The molecule has 6 nitrogen and oxygen atoms in total. The van der Waals surface area contributed by atoms with Gasteiger partial charge in [0.15, 0.2) is 0 Å². The first-order valence-corrected chi connectivity index (χ1v) is 10.8. The fourth-order valence-corrected chi connectivity index (χ4v) is 4.50. The molecule has 0 aromatic heterocycles. The fourth-order valence-electron chi connectivity index (χ4n) is 3.13. The third-order valence-corrected chi connectivity index (χ3v) is 6.51. The van der Waals surface area contributed by atoms with Crippen LogP contribution in [0, 0.1) is 6.92 Å². The Hall–Kier alpha value is -3.10. The van der Waals surface area contributed by atoms with Crippen molar-refractivity contribution in [2.45, 2.75) is 24.5 Å². The predicted molar refractivity (Wildman–Crippen MR) is 112 cm³/mol. The molecule has 0 saturated carbocycles. The number of nitrogens with zero attached hydrogens (tertiary/aromatic N) is 1. The van der Waals surface area contributed by atoms with Crippen molar-refractivity contribution < 1.29 is 22.6 Å². The first kappa shape index (κ1) is 20.2. The minimum Gasteiger partial charge on any atom is -0.519 e. The zero-order chi connectivity index (χ0) is 21.1. The molecule has 3 aromatic carbocycles. The highest BCUT2D eigenvalue weighted by Gasteiger charge is 2.45. The van der Waals surface area contributed by atoms with Crippen LogP contribution >= 0.6 is 0 Å². The molecule has 0 spiro atoms. The van der Waals surface area contributed by atoms with E-state index in [1.165, 1.54) is 12.1 Å². The zero-order valence-electron chi connectivity index (χ0n) is 16.3. The van der Waals surface area contributed by atoms with Gasteiger partial charge in [-0.25, -0.2) is 8.42 Å². The van der Waals surface area contributed by atoms with Crippen LogP contribution in [0.3, 0.4) is 0 Å². The molecule has 8 heteroatoms. The molecular formula is C22H19BNO5S. The van der Waals surface area contributed by atoms with Crippen molar-refractivity contribution in [1.82, 2.24) is 4.22 Å². The molecule has 1 saturated heterocycles. The van der Waals surface area contributed by atoms with E-state index < -0.39 is 22.0 Å². The number of hydrogen-bond acceptors (Lipinski definition) is 5. The molecule has 1 aliphatic rings. The van der Waals surface area contributed by atoms with Crippen LogP contribution in [0.2, 0.25) is 0 Å². The van der Waals surface area contributed by atoms with Crippen LogP contribution in [-0.4, -0.2) is 26.2 Å². The fraction of sp³-hybridized carbons (Fsp3) is 0.136. The van der Waals surface area contributed by atoms with E-state index in [9.17, 15) is 13.2 Å². The molecular weight excluding hydrogens is 401 g/mol. The number of carbonyl (C=O) groups is 1. The van der Waals surface area contributed by atoms with Gasteiger partial charge in [-0.05, 0) is 42.3 Å². The number of rotatable bonds is 6. The number of aryl methyl sites for hydroxylation is 1. The number of hydrogen-bond donors (Lipinski definition) is 0. The largest absolute Gasteiger partial charge is 0.519 e. The summed E-state index contributed by atoms with van der Waals surface area (Å²) in [7, 11) is -2.98. The second-order valence-corrected chi connectivity index (χ2v) is 8.78. The minimum absolute atomic E-state index is 0.0930. The third-order valence-electron chi connectivity index (χ3n) is 4.79. The average molecular weight is 420 g/mol. The van der Waals surface area contributed by atoms with Crippen molar-refractivity contribution in [3.05, 3.63) is 95.6 Å². The van der Waals surface area contributed by atoms with Crippen molar-refractivity contribution in [2.75, 3.05) is 0 Å². The van der Waals surface area contributed by atoms with Crippen LogP contribution < -0.4 is 4.74 Å². The van der Waals surface area contributed by atoms with E-state index in [-0.39, 0.29) is 4.90 Å². The Bertz CT molecular complexity index is 1130. The highest BCUT2D eigenvalue weighted by molar-refractivity contribution is 7.90. The van der Waals surface area contributed by atoms with Crippen LogP contribution in [0.1, 0.15) is 22.7 Å². The van der Waals surface area contributed by atoms with E-state index in [1.807, 2.05) is 37.3 Å². The SMILES string of the molecule is Cc1ccc(S(=O)(=O)N2[B]OC(=O)[C@H]2c2ccc(OCc3ccccc3)cc2)cc1. The van der Waals surface area contributed by atoms with Gasteiger partial charge in [0.1, 0.15) is 18.4 Å². The van der Waals surface area contributed by atoms with Crippen molar-refractivity contribution in [1.29, 1.82) is 0 Å². The van der Waals surface area contributed by atoms with Gasteiger partial charge in [0.25, 0.3) is 0 Å². The van der Waals surface area contributed by atoms with E-state index in [0.717, 1.165) is 23.0 Å². The summed E-state index contributed by atoms with van der Waals surface area (Å²) in [5, 5.41) is 0. The summed E-state index contributed by atoms with van der Waals surface area (Å²) in [6.45, 7) is 2.28. The topological polar surface area (TPSA) is 72.9 Å². The first-order valence-electron chi connectivity index (χ1n) is 9.36. The summed E-state index contributed by atoms with van der Waals surface area (Å²) >= 11 is 0. The molecule has 0 N–H and O–H groups in total. The van der Waals surface area contributed by atoms with E-state index in [4.69, 9.17) is 9.39 Å². The Labute approximate surface area is 176 Å². The molecule has 4 rings (SSSR count). The molecule has 0 bridgehead atoms. The van der Waals surface area contributed by atoms with Crippen molar-refractivity contribution in [3.8, 4) is 5.75 Å². The highest BCUT2D eigenvalue weighted by Crippen LogP contribution is 2.33. The standard InChI is InChI=1S/C22H19BNO5S/c1-16-7-13-20(14-8-16)30(26,27)24-21(22(25)29-23-24)18-9-11-19(12-10-18)28-15-17-5-3-2-4-6-17/h2-14,21H,15H2,1H3/t21-/m1/s1. The number of benzene rings is 3. The number of sulfonamides is 1. The molecule has 3 aromatic rings. The molecule has 0 aliphatic carbocycles. The number of ether oxygens (including phenoxy) is 1. The quantitative estimate of drug-likeness (QED) is 0.572. The van der Waals surface area contributed by atoms with E-state index in [1.54, 1.807) is 36.4 Å². The van der Waals surface area contributed by atoms with E-state index in [0.29, 0.717) is 17.9 Å². The van der Waals surface area contributed by atoms with Crippen LogP contribution in [0.5, 0.6) is 5.75 Å². The van der Waals surface area contributed by atoms with E-state index in [2.05, 4.69) is 0 Å². The second-order valence-electron chi connectivity index (χ2n) is 6.94. The van der Waals surface area contributed by atoms with Gasteiger partial charge in [0, 0.05) is 0 Å². The van der Waals surface area contributed by atoms with Crippen LogP contribution in [0.25, 0.3) is 0 Å². The Balaban J connectivity index is 1.54. The van der Waals surface area contributed by atoms with Crippen LogP contribution in [-0.2, 0) is 26.1 Å². The summed E-state index contributed by atoms with van der Waals surface area (Å²) in [6, 6.07) is 21.9. The molecule has 1 radical (unpaired) electrons. The van der Waals surface area contributed by atoms with Gasteiger partial charge in [-0.3, -0.25) is 4.79 Å². The maximum Gasteiger partial charge on any atom is 0.498 e. The normalized spacial score (nSPS) is 16.7. The molecule has 151 valence electrons. The van der Waals surface area contributed by atoms with Gasteiger partial charge >= 0.3 is 13.6 Å². The van der Waals surface area contributed by atoms with Crippen LogP contribution in [0.4, 0.5) is 0 Å². The van der Waals surface area contributed by atoms with Gasteiger partial charge in [-0.1, -0.05) is 60.2 Å². The zero-order valence-corrected chi connectivity index (χ0v) is 17.1. The average Bonchev–Trinajstić information content (AvgIpc) is 3.16. The maximum absolute atomic E-state index is 13.0. The second kappa shape index (κ2) is 8.34. The summed E-state index contributed by atoms with van der Waals surface area (Å²) in [4.78, 5) is 12.4. The monoisotopic (exact) mass is 420 g/mol. The molecule has 1 atom stereocenters. The summed E-state index contributed by atoms with van der Waals surface area (Å²) in [5.74, 6) is -0.0328. The highest BCUT2D eigenvalue weighted by atomic mass is 32.2.